The van der Waals surface area contributed by atoms with Gasteiger partial charge in [0.05, 0.1) is 5.56 Å². The van der Waals surface area contributed by atoms with Gasteiger partial charge in [0.25, 0.3) is 5.91 Å². The number of rotatable bonds is 3. The summed E-state index contributed by atoms with van der Waals surface area (Å²) in [5, 5.41) is 3.48. The number of hydrogen-bond acceptors (Lipinski definition) is 4. The van der Waals surface area contributed by atoms with Gasteiger partial charge in [-0.2, -0.15) is 0 Å². The Bertz CT molecular complexity index is 874. The summed E-state index contributed by atoms with van der Waals surface area (Å²) in [5.74, 6) is 0.763. The first-order valence-electron chi connectivity index (χ1n) is 7.92. The van der Waals surface area contributed by atoms with Crippen molar-refractivity contribution in [1.82, 2.24) is 5.32 Å². The Morgan fingerprint density at radius 3 is 2.92 bits per heavy atom. The van der Waals surface area contributed by atoms with Gasteiger partial charge in [-0.05, 0) is 25.1 Å². The first-order valence-corrected chi connectivity index (χ1v) is 7.92. The minimum absolute atomic E-state index is 0.132. The van der Waals surface area contributed by atoms with Gasteiger partial charge in [0.2, 0.25) is 0 Å². The Morgan fingerprint density at radius 1 is 1.38 bits per heavy atom. The van der Waals surface area contributed by atoms with Crippen LogP contribution in [0.1, 0.15) is 23.0 Å². The second-order valence-electron chi connectivity index (χ2n) is 5.92. The highest BCUT2D eigenvalue weighted by molar-refractivity contribution is 6.07. The average molecular weight is 323 g/mol. The number of carbonyl (C=O) groups is 1. The van der Waals surface area contributed by atoms with Gasteiger partial charge in [0.1, 0.15) is 11.3 Å². The first-order chi connectivity index (χ1) is 11.5. The highest BCUT2D eigenvalue weighted by Crippen LogP contribution is 2.30. The van der Waals surface area contributed by atoms with E-state index in [4.69, 9.17) is 4.42 Å². The van der Waals surface area contributed by atoms with Crippen LogP contribution < -0.4 is 10.2 Å². The van der Waals surface area contributed by atoms with Crippen LogP contribution in [0.15, 0.2) is 51.7 Å². The van der Waals surface area contributed by atoms with E-state index in [9.17, 15) is 4.79 Å². The van der Waals surface area contributed by atoms with Gasteiger partial charge in [-0.25, -0.2) is 0 Å². The maximum absolute atomic E-state index is 12.0. The van der Waals surface area contributed by atoms with Crippen molar-refractivity contribution in [3.63, 3.8) is 0 Å². The van der Waals surface area contributed by atoms with Crippen molar-refractivity contribution >= 4 is 28.8 Å². The number of aliphatic imine (C=N–C) groups is 1. The molecule has 0 aliphatic carbocycles. The molecule has 0 fully saturated rings. The molecular formula is C19H21N3O2. The maximum Gasteiger partial charge on any atom is 0.255 e. The van der Waals surface area contributed by atoms with Crippen LogP contribution in [0.2, 0.25) is 0 Å². The lowest BCUT2D eigenvalue weighted by Gasteiger charge is -2.21. The molecule has 0 saturated heterocycles. The molecule has 1 aliphatic rings. The topological polar surface area (TPSA) is 57.8 Å². The quantitative estimate of drug-likeness (QED) is 0.938. The molecule has 1 aliphatic heterocycles. The third-order valence-electron chi connectivity index (χ3n) is 4.16. The molecule has 0 saturated carbocycles. The van der Waals surface area contributed by atoms with Crippen molar-refractivity contribution in [3.05, 3.63) is 53.6 Å². The standard InChI is InChI=1S/C19H21N3O2/c1-12-9-15(7-8-21-11-12)22(4)14-5-6-16-17(10-14)24-13(2)18(16)19(23)20-3/h5-12H,1-4H3,(H,20,23). The lowest BCUT2D eigenvalue weighted by molar-refractivity contribution is 0.0963. The van der Waals surface area contributed by atoms with Gasteiger partial charge >= 0.3 is 0 Å². The zero-order valence-electron chi connectivity index (χ0n) is 14.3. The van der Waals surface area contributed by atoms with Crippen molar-refractivity contribution in [2.24, 2.45) is 10.9 Å². The fourth-order valence-electron chi connectivity index (χ4n) is 2.87. The fourth-order valence-corrected chi connectivity index (χ4v) is 2.87. The number of nitrogens with zero attached hydrogens (tertiary/aromatic N) is 2. The Morgan fingerprint density at radius 2 is 2.17 bits per heavy atom. The summed E-state index contributed by atoms with van der Waals surface area (Å²) in [6, 6.07) is 5.89. The molecular weight excluding hydrogens is 302 g/mol. The van der Waals surface area contributed by atoms with E-state index in [0.717, 1.165) is 16.8 Å². The molecule has 1 unspecified atom stereocenters. The molecule has 124 valence electrons. The van der Waals surface area contributed by atoms with Gasteiger partial charge in [-0.15, -0.1) is 0 Å². The molecule has 1 atom stereocenters. The van der Waals surface area contributed by atoms with Crippen LogP contribution in [-0.4, -0.2) is 26.2 Å². The zero-order chi connectivity index (χ0) is 17.3. The highest BCUT2D eigenvalue weighted by Gasteiger charge is 2.18. The number of aryl methyl sites for hydroxylation is 1. The number of amides is 1. The molecule has 5 nitrogen and oxygen atoms in total. The molecule has 2 aromatic rings. The predicted molar refractivity (Wildman–Crippen MR) is 97.6 cm³/mol. The van der Waals surface area contributed by atoms with Crippen LogP contribution in [-0.2, 0) is 0 Å². The molecule has 0 bridgehead atoms. The molecule has 1 N–H and O–H groups in total. The number of hydrogen-bond donors (Lipinski definition) is 1. The van der Waals surface area contributed by atoms with Gasteiger partial charge in [-0.1, -0.05) is 13.0 Å². The van der Waals surface area contributed by atoms with E-state index in [-0.39, 0.29) is 11.8 Å². The molecule has 2 heterocycles. The average Bonchev–Trinajstić information content (AvgIpc) is 2.74. The molecule has 3 rings (SSSR count). The Labute approximate surface area is 141 Å². The monoisotopic (exact) mass is 323 g/mol. The van der Waals surface area contributed by atoms with E-state index in [1.54, 1.807) is 13.2 Å². The summed E-state index contributed by atoms with van der Waals surface area (Å²) in [5.41, 5.74) is 3.36. The van der Waals surface area contributed by atoms with Crippen LogP contribution in [0.3, 0.4) is 0 Å². The first kappa shape index (κ1) is 16.1. The lowest BCUT2D eigenvalue weighted by Crippen LogP contribution is -2.18. The molecule has 1 amide bonds. The lowest BCUT2D eigenvalue weighted by atomic mass is 10.1. The van der Waals surface area contributed by atoms with Crippen LogP contribution >= 0.6 is 0 Å². The summed E-state index contributed by atoms with van der Waals surface area (Å²) in [4.78, 5) is 18.3. The number of fused-ring (bicyclic) bond motifs is 1. The number of furan rings is 1. The SMILES string of the molecule is CNC(=O)c1c(C)oc2cc(N(C)C3=CC(C)C=NC=C3)ccc12. The molecule has 1 aromatic heterocycles. The Balaban J connectivity index is 2.01. The minimum Gasteiger partial charge on any atom is -0.460 e. The second kappa shape index (κ2) is 6.35. The summed E-state index contributed by atoms with van der Waals surface area (Å²) >= 11 is 0. The van der Waals surface area contributed by atoms with Crippen molar-refractivity contribution in [2.45, 2.75) is 13.8 Å². The Hall–Kier alpha value is -2.82. The molecule has 24 heavy (non-hydrogen) atoms. The summed E-state index contributed by atoms with van der Waals surface area (Å²) < 4.78 is 5.80. The second-order valence-corrected chi connectivity index (χ2v) is 5.92. The van der Waals surface area contributed by atoms with Gasteiger partial charge < -0.3 is 14.6 Å². The normalized spacial score (nSPS) is 16.8. The van der Waals surface area contributed by atoms with E-state index < -0.39 is 0 Å². The largest absolute Gasteiger partial charge is 0.460 e. The van der Waals surface area contributed by atoms with Crippen molar-refractivity contribution in [3.8, 4) is 0 Å². The smallest absolute Gasteiger partial charge is 0.255 e. The number of allylic oxidation sites excluding steroid dienone is 2. The van der Waals surface area contributed by atoms with Gasteiger partial charge in [0, 0.05) is 55.3 Å². The van der Waals surface area contributed by atoms with Gasteiger partial charge in [-0.3, -0.25) is 9.79 Å². The summed E-state index contributed by atoms with van der Waals surface area (Å²) in [6.45, 7) is 3.91. The third kappa shape index (κ3) is 2.85. The third-order valence-corrected chi connectivity index (χ3v) is 4.16. The van der Waals surface area contributed by atoms with E-state index >= 15 is 0 Å². The van der Waals surface area contributed by atoms with Gasteiger partial charge in [0.15, 0.2) is 0 Å². The van der Waals surface area contributed by atoms with E-state index in [0.29, 0.717) is 16.9 Å². The predicted octanol–water partition coefficient (Wildman–Crippen LogP) is 3.66. The van der Waals surface area contributed by atoms with E-state index in [1.165, 1.54) is 0 Å². The van der Waals surface area contributed by atoms with E-state index in [2.05, 4.69) is 28.2 Å². The zero-order valence-corrected chi connectivity index (χ0v) is 14.3. The van der Waals surface area contributed by atoms with Crippen LogP contribution in [0.5, 0.6) is 0 Å². The number of nitrogens with one attached hydrogen (secondary N) is 1. The molecule has 1 aromatic carbocycles. The van der Waals surface area contributed by atoms with Crippen LogP contribution in [0, 0.1) is 12.8 Å². The molecule has 0 radical (unpaired) electrons. The van der Waals surface area contributed by atoms with Crippen molar-refractivity contribution in [2.75, 3.05) is 19.0 Å². The fraction of sp³-hybridized carbons (Fsp3) is 0.263. The van der Waals surface area contributed by atoms with Crippen molar-refractivity contribution in [1.29, 1.82) is 0 Å². The van der Waals surface area contributed by atoms with Crippen LogP contribution in [0.25, 0.3) is 11.0 Å². The Kier molecular flexibility index (Phi) is 4.25. The number of benzene rings is 1. The minimum atomic E-state index is -0.132. The van der Waals surface area contributed by atoms with Crippen LogP contribution in [0.4, 0.5) is 5.69 Å². The highest BCUT2D eigenvalue weighted by atomic mass is 16.3. The number of likely N-dealkylation sites (N-methyl/N-ethyl adjacent to an activating group) is 1. The van der Waals surface area contributed by atoms with Crippen molar-refractivity contribution < 1.29 is 9.21 Å². The number of carbonyl (C=O) groups excluding carboxylic acids is 1. The summed E-state index contributed by atoms with van der Waals surface area (Å²) in [7, 11) is 3.63. The molecule has 0 spiro atoms. The number of anilines is 1. The maximum atomic E-state index is 12.0. The molecule has 5 heteroatoms. The summed E-state index contributed by atoms with van der Waals surface area (Å²) in [6.07, 6.45) is 7.84. The van der Waals surface area contributed by atoms with E-state index in [1.807, 2.05) is 44.5 Å².